The molecule has 3 atom stereocenters. The topological polar surface area (TPSA) is 189 Å². The highest BCUT2D eigenvalue weighted by molar-refractivity contribution is 5.98. The molecule has 2 aromatic carbocycles. The number of nitrogens with one attached hydrogen (secondary N) is 4. The second-order valence-corrected chi connectivity index (χ2v) is 13.3. The second kappa shape index (κ2) is 19.4. The molecular formula is C36H53N5O7. The number of benzene rings is 2. The zero-order valence-electron chi connectivity index (χ0n) is 29.1. The van der Waals surface area contributed by atoms with Crippen molar-refractivity contribution in [3.8, 4) is 11.1 Å². The largest absolute Gasteiger partial charge is 0.480 e. The number of carboxylic acids is 1. The normalized spacial score (nSPS) is 13.2. The van der Waals surface area contributed by atoms with E-state index in [9.17, 15) is 29.1 Å². The molecule has 7 N–H and O–H groups in total. The molecule has 0 unspecified atom stereocenters. The Labute approximate surface area is 284 Å². The molecule has 0 aliphatic carbocycles. The number of hydrogen-bond acceptors (Lipinski definition) is 7. The molecule has 12 heteroatoms. The molecule has 0 bridgehead atoms. The van der Waals surface area contributed by atoms with Crippen LogP contribution in [0.15, 0.2) is 48.5 Å². The van der Waals surface area contributed by atoms with Crippen LogP contribution in [0.2, 0.25) is 0 Å². The van der Waals surface area contributed by atoms with Gasteiger partial charge < -0.3 is 36.8 Å². The Morgan fingerprint density at radius 2 is 1.42 bits per heavy atom. The molecule has 0 spiro atoms. The number of aryl methyl sites for hydroxylation is 1. The fourth-order valence-corrected chi connectivity index (χ4v) is 4.82. The zero-order valence-corrected chi connectivity index (χ0v) is 29.1. The van der Waals surface area contributed by atoms with Gasteiger partial charge in [0, 0.05) is 12.1 Å². The lowest BCUT2D eigenvalue weighted by Gasteiger charge is -2.23. The molecule has 48 heavy (non-hydrogen) atoms. The van der Waals surface area contributed by atoms with Crippen molar-refractivity contribution in [2.24, 2.45) is 11.7 Å². The summed E-state index contributed by atoms with van der Waals surface area (Å²) in [5, 5.41) is 19.6. The molecule has 0 aromatic heterocycles. The van der Waals surface area contributed by atoms with Crippen LogP contribution < -0.4 is 27.0 Å². The Balaban J connectivity index is 2.10. The average Bonchev–Trinajstić information content (AvgIpc) is 3.01. The first kappa shape index (κ1) is 39.7. The fourth-order valence-electron chi connectivity index (χ4n) is 4.82. The molecule has 12 nitrogen and oxygen atoms in total. The summed E-state index contributed by atoms with van der Waals surface area (Å²) in [4.78, 5) is 62.8. The molecule has 0 aliphatic heterocycles. The van der Waals surface area contributed by atoms with Crippen molar-refractivity contribution in [3.05, 3.63) is 59.7 Å². The third-order valence-electron chi connectivity index (χ3n) is 7.36. The number of unbranched alkanes of at least 4 members (excludes halogenated alkanes) is 2. The van der Waals surface area contributed by atoms with Gasteiger partial charge in [-0.25, -0.2) is 9.59 Å². The molecule has 264 valence electrons. The van der Waals surface area contributed by atoms with Gasteiger partial charge in [-0.2, -0.15) is 0 Å². The summed E-state index contributed by atoms with van der Waals surface area (Å²) in [6.45, 7) is 11.4. The van der Waals surface area contributed by atoms with Crippen molar-refractivity contribution < 1.29 is 33.8 Å². The average molecular weight is 668 g/mol. The molecule has 0 saturated carbocycles. The van der Waals surface area contributed by atoms with Crippen LogP contribution in [0.4, 0.5) is 4.79 Å². The van der Waals surface area contributed by atoms with Crippen LogP contribution in [0.5, 0.6) is 0 Å². The van der Waals surface area contributed by atoms with E-state index in [1.54, 1.807) is 32.9 Å². The van der Waals surface area contributed by atoms with Gasteiger partial charge in [0.25, 0.3) is 11.8 Å². The summed E-state index contributed by atoms with van der Waals surface area (Å²) in [6.07, 6.45) is 2.45. The SMILES string of the molecule is CCCCc1ccc(-c2ccc(C(=O)N[C@@H](CCCCNC(=O)OC(C)(C)C)C(=O)N[C@@H](N)C(=O)N[C@@H](CC(C)C)C(=O)O)cc2)cc1. The summed E-state index contributed by atoms with van der Waals surface area (Å²) in [7, 11) is 0. The van der Waals surface area contributed by atoms with Gasteiger partial charge in [-0.05, 0) is 94.0 Å². The Morgan fingerprint density at radius 3 is 1.96 bits per heavy atom. The number of carbonyl (C=O) groups is 5. The minimum Gasteiger partial charge on any atom is -0.480 e. The summed E-state index contributed by atoms with van der Waals surface area (Å²) in [5.41, 5.74) is 8.86. The number of hydrogen-bond donors (Lipinski definition) is 6. The number of rotatable bonds is 18. The Kier molecular flexibility index (Phi) is 16.0. The van der Waals surface area contributed by atoms with E-state index in [1.807, 2.05) is 26.0 Å². The first-order chi connectivity index (χ1) is 22.6. The first-order valence-electron chi connectivity index (χ1n) is 16.7. The number of nitrogens with two attached hydrogens (primary N) is 1. The molecule has 4 amide bonds. The van der Waals surface area contributed by atoms with Crippen LogP contribution in [-0.2, 0) is 25.5 Å². The quantitative estimate of drug-likeness (QED) is 0.0989. The van der Waals surface area contributed by atoms with E-state index < -0.39 is 53.6 Å². The maximum atomic E-state index is 13.3. The maximum absolute atomic E-state index is 13.3. The second-order valence-electron chi connectivity index (χ2n) is 13.3. The molecule has 0 saturated heterocycles. The minimum atomic E-state index is -1.55. The van der Waals surface area contributed by atoms with E-state index in [0.29, 0.717) is 18.4 Å². The van der Waals surface area contributed by atoms with Gasteiger partial charge in [0.05, 0.1) is 0 Å². The standard InChI is InChI=1S/C36H53N5O7/c1-7-8-11-24-13-15-25(16-14-24)26-17-19-27(20-18-26)31(42)39-28(12-9-10-21-38-35(47)48-36(4,5)6)32(43)41-30(37)33(44)40-29(34(45)46)22-23(2)3/h13-20,23,28-30H,7-12,21-22,37H2,1-6H3,(H,38,47)(H,39,42)(H,40,44)(H,41,43)(H,45,46)/t28-,29-,30+/m0/s1. The Bertz CT molecular complexity index is 1350. The van der Waals surface area contributed by atoms with Gasteiger partial charge in [0.1, 0.15) is 17.7 Å². The summed E-state index contributed by atoms with van der Waals surface area (Å²) in [6, 6.07) is 13.1. The van der Waals surface area contributed by atoms with Gasteiger partial charge in [-0.15, -0.1) is 0 Å². The van der Waals surface area contributed by atoms with Crippen LogP contribution in [0.3, 0.4) is 0 Å². The van der Waals surface area contributed by atoms with E-state index in [0.717, 1.165) is 30.4 Å². The molecule has 0 heterocycles. The highest BCUT2D eigenvalue weighted by Gasteiger charge is 2.28. The van der Waals surface area contributed by atoms with E-state index in [2.05, 4.69) is 52.5 Å². The number of ether oxygens (including phenoxy) is 1. The molecular weight excluding hydrogens is 614 g/mol. The molecule has 2 aromatic rings. The lowest BCUT2D eigenvalue weighted by Crippen LogP contribution is -2.59. The highest BCUT2D eigenvalue weighted by atomic mass is 16.6. The van der Waals surface area contributed by atoms with Crippen LogP contribution in [0.1, 0.15) is 96.0 Å². The fraction of sp³-hybridized carbons (Fsp3) is 0.528. The minimum absolute atomic E-state index is 0.00761. The summed E-state index contributed by atoms with van der Waals surface area (Å²) in [5.74, 6) is -3.29. The lowest BCUT2D eigenvalue weighted by atomic mass is 10.0. The van der Waals surface area contributed by atoms with Crippen LogP contribution in [0.25, 0.3) is 11.1 Å². The lowest BCUT2D eigenvalue weighted by molar-refractivity contribution is -0.142. The van der Waals surface area contributed by atoms with Crippen molar-refractivity contribution >= 4 is 29.8 Å². The predicted octanol–water partition coefficient (Wildman–Crippen LogP) is 4.51. The van der Waals surface area contributed by atoms with Crippen molar-refractivity contribution in [1.29, 1.82) is 0 Å². The molecule has 0 fully saturated rings. The number of aliphatic carboxylic acids is 1. The predicted molar refractivity (Wildman–Crippen MR) is 185 cm³/mol. The highest BCUT2D eigenvalue weighted by Crippen LogP contribution is 2.21. The third kappa shape index (κ3) is 14.5. The van der Waals surface area contributed by atoms with Crippen LogP contribution in [0, 0.1) is 5.92 Å². The molecule has 2 rings (SSSR count). The van der Waals surface area contributed by atoms with Crippen molar-refractivity contribution in [2.75, 3.05) is 6.54 Å². The summed E-state index contributed by atoms with van der Waals surface area (Å²) >= 11 is 0. The number of amides is 4. The zero-order chi connectivity index (χ0) is 35.9. The number of alkyl carbamates (subject to hydrolysis) is 1. The van der Waals surface area contributed by atoms with Gasteiger partial charge in [-0.3, -0.25) is 14.4 Å². The van der Waals surface area contributed by atoms with Crippen LogP contribution in [-0.4, -0.2) is 65.3 Å². The molecule has 0 aliphatic rings. The van der Waals surface area contributed by atoms with Gasteiger partial charge >= 0.3 is 12.1 Å². The third-order valence-corrected chi connectivity index (χ3v) is 7.36. The van der Waals surface area contributed by atoms with Gasteiger partial charge in [0.15, 0.2) is 6.17 Å². The van der Waals surface area contributed by atoms with Crippen molar-refractivity contribution in [1.82, 2.24) is 21.3 Å². The Morgan fingerprint density at radius 1 is 0.812 bits per heavy atom. The van der Waals surface area contributed by atoms with Crippen molar-refractivity contribution in [2.45, 2.75) is 110 Å². The first-order valence-corrected chi connectivity index (χ1v) is 16.7. The molecule has 0 radical (unpaired) electrons. The summed E-state index contributed by atoms with van der Waals surface area (Å²) < 4.78 is 5.23. The van der Waals surface area contributed by atoms with Crippen molar-refractivity contribution in [3.63, 3.8) is 0 Å². The van der Waals surface area contributed by atoms with Gasteiger partial charge in [-0.1, -0.05) is 63.6 Å². The monoisotopic (exact) mass is 667 g/mol. The maximum Gasteiger partial charge on any atom is 0.407 e. The van der Waals surface area contributed by atoms with Gasteiger partial charge in [0.2, 0.25) is 5.91 Å². The Hall–Kier alpha value is -4.45. The van der Waals surface area contributed by atoms with E-state index in [-0.39, 0.29) is 25.3 Å². The van der Waals surface area contributed by atoms with E-state index in [4.69, 9.17) is 10.5 Å². The smallest absolute Gasteiger partial charge is 0.407 e. The van der Waals surface area contributed by atoms with E-state index in [1.165, 1.54) is 5.56 Å². The number of carboxylic acid groups (broad SMARTS) is 1. The van der Waals surface area contributed by atoms with Crippen LogP contribution >= 0.6 is 0 Å². The number of carbonyl (C=O) groups excluding carboxylic acids is 4. The van der Waals surface area contributed by atoms with E-state index >= 15 is 0 Å².